The Kier molecular flexibility index (Phi) is 6.54. The fraction of sp³-hybridized carbons (Fsp3) is 0.250. The smallest absolute Gasteiger partial charge is 0.546 e. The first-order valence-corrected chi connectivity index (χ1v) is 7.10. The van der Waals surface area contributed by atoms with E-state index in [9.17, 15) is 39.6 Å². The number of carboxylic acids is 4. The first-order valence-electron chi connectivity index (χ1n) is 7.10. The third-order valence-corrected chi connectivity index (χ3v) is 4.42. The third kappa shape index (κ3) is 2.97. The monoisotopic (exact) mass is 631 g/mol. The van der Waals surface area contributed by atoms with Crippen molar-refractivity contribution in [1.29, 1.82) is 0 Å². The van der Waals surface area contributed by atoms with Crippen molar-refractivity contribution in [3.8, 4) is 0 Å². The van der Waals surface area contributed by atoms with Crippen LogP contribution >= 0.6 is 0 Å². The summed E-state index contributed by atoms with van der Waals surface area (Å²) in [6.07, 6.45) is 10.1. The molecule has 0 amide bonds. The van der Waals surface area contributed by atoms with Crippen molar-refractivity contribution in [2.45, 2.75) is 22.4 Å². The van der Waals surface area contributed by atoms with Crippen LogP contribution in [0, 0.1) is 0 Å². The summed E-state index contributed by atoms with van der Waals surface area (Å²) < 4.78 is 9.36. The van der Waals surface area contributed by atoms with Gasteiger partial charge in [0.25, 0.3) is 0 Å². The summed E-state index contributed by atoms with van der Waals surface area (Å²) in [5, 5.41) is 42.5. The number of carbonyl (C=O) groups is 4. The van der Waals surface area contributed by atoms with Crippen LogP contribution in [0.2, 0.25) is 0 Å². The van der Waals surface area contributed by atoms with E-state index in [-0.39, 0.29) is 44.4 Å². The molecular formula is C16H8CuO10Pb. The van der Waals surface area contributed by atoms with E-state index in [2.05, 4.69) is 9.47 Å². The Hall–Kier alpha value is -1.80. The number of fused-ring (bicyclic) bond motifs is 2. The molecule has 2 heterocycles. The first-order chi connectivity index (χ1) is 12.1. The van der Waals surface area contributed by atoms with E-state index in [1.54, 1.807) is 0 Å². The van der Waals surface area contributed by atoms with Crippen molar-refractivity contribution in [2.24, 2.45) is 0 Å². The van der Waals surface area contributed by atoms with E-state index in [1.165, 1.54) is 24.3 Å². The molecule has 0 aromatic heterocycles. The molecule has 0 N–H and O–H groups in total. The maximum atomic E-state index is 10.6. The van der Waals surface area contributed by atoms with Crippen LogP contribution in [0.1, 0.15) is 0 Å². The number of rotatable bonds is 4. The fourth-order valence-electron chi connectivity index (χ4n) is 2.90. The van der Waals surface area contributed by atoms with Gasteiger partial charge >= 0.3 is 44.4 Å². The Labute approximate surface area is 187 Å². The second kappa shape index (κ2) is 7.56. The normalized spacial score (nSPS) is 36.9. The molecule has 0 spiro atoms. The molecule has 28 heavy (non-hydrogen) atoms. The molecule has 147 valence electrons. The average Bonchev–Trinajstić information content (AvgIpc) is 3.45. The number of allylic oxidation sites excluding steroid dienone is 4. The Bertz CT molecular complexity index is 725. The van der Waals surface area contributed by atoms with Gasteiger partial charge < -0.3 is 49.1 Å². The van der Waals surface area contributed by atoms with Crippen molar-refractivity contribution in [3.05, 3.63) is 48.6 Å². The van der Waals surface area contributed by atoms with Crippen LogP contribution < -0.4 is 20.4 Å². The summed E-state index contributed by atoms with van der Waals surface area (Å²) in [5.41, 5.74) is -7.44. The summed E-state index contributed by atoms with van der Waals surface area (Å²) in [5.74, 6) is -6.29. The van der Waals surface area contributed by atoms with E-state index in [1.807, 2.05) is 0 Å². The van der Waals surface area contributed by atoms with E-state index in [4.69, 9.17) is 0 Å². The van der Waals surface area contributed by atoms with Gasteiger partial charge in [0.2, 0.25) is 0 Å². The van der Waals surface area contributed by atoms with Crippen molar-refractivity contribution in [1.82, 2.24) is 0 Å². The molecule has 3 radical (unpaired) electrons. The molecule has 10 nitrogen and oxygen atoms in total. The maximum Gasteiger partial charge on any atom is 2.00 e. The van der Waals surface area contributed by atoms with Crippen LogP contribution in [0.25, 0.3) is 0 Å². The zero-order valence-electron chi connectivity index (χ0n) is 13.5. The first kappa shape index (κ1) is 24.2. The van der Waals surface area contributed by atoms with Crippen molar-refractivity contribution < 1.29 is 66.1 Å². The van der Waals surface area contributed by atoms with Gasteiger partial charge in [-0.1, -0.05) is 24.3 Å². The van der Waals surface area contributed by atoms with Gasteiger partial charge in [-0.05, 0) is 24.3 Å². The van der Waals surface area contributed by atoms with Crippen LogP contribution in [0.15, 0.2) is 48.6 Å². The number of epoxide rings is 2. The molecule has 2 saturated heterocycles. The van der Waals surface area contributed by atoms with Gasteiger partial charge in [0.15, 0.2) is 22.4 Å². The standard InChI is InChI=1S/2C8H6O5.Cu.Pb/c2*9-5(10)7-3-1-2-4-8(7,13-7)6(11)12;;/h2*1-4H,(H,9,10)(H,11,12);;/q;;2*+2/p-4. The van der Waals surface area contributed by atoms with Gasteiger partial charge in [0, 0.05) is 0 Å². The molecule has 2 aliphatic heterocycles. The van der Waals surface area contributed by atoms with E-state index in [0.29, 0.717) is 0 Å². The summed E-state index contributed by atoms with van der Waals surface area (Å²) >= 11 is 0. The molecule has 4 unspecified atom stereocenters. The van der Waals surface area contributed by atoms with E-state index >= 15 is 0 Å². The van der Waals surface area contributed by atoms with Crippen molar-refractivity contribution in [3.63, 3.8) is 0 Å². The third-order valence-electron chi connectivity index (χ3n) is 4.42. The van der Waals surface area contributed by atoms with Crippen LogP contribution in [-0.4, -0.2) is 73.6 Å². The summed E-state index contributed by atoms with van der Waals surface area (Å²) in [4.78, 5) is 42.5. The topological polar surface area (TPSA) is 186 Å². The Morgan fingerprint density at radius 2 is 0.714 bits per heavy atom. The number of hydrogen-bond acceptors (Lipinski definition) is 10. The minimum absolute atomic E-state index is 0. The molecule has 4 aliphatic rings. The van der Waals surface area contributed by atoms with Crippen LogP contribution in [0.5, 0.6) is 0 Å². The number of aliphatic carboxylic acids is 4. The Balaban J connectivity index is 0.000000261. The fourth-order valence-corrected chi connectivity index (χ4v) is 2.90. The Morgan fingerprint density at radius 1 is 0.536 bits per heavy atom. The van der Waals surface area contributed by atoms with Crippen LogP contribution in [0.4, 0.5) is 0 Å². The zero-order valence-corrected chi connectivity index (χ0v) is 18.3. The SMILES string of the molecule is O=C([O-])C12C=CC=CC1(C(=O)[O-])O2.O=C([O-])C12C=CC=CC1(C(=O)[O-])O2.[Cu+2].[Pb+2]. The van der Waals surface area contributed by atoms with Gasteiger partial charge in [-0.3, -0.25) is 0 Å². The zero-order chi connectivity index (χ0) is 19.4. The Morgan fingerprint density at radius 3 is 0.857 bits per heavy atom. The van der Waals surface area contributed by atoms with E-state index in [0.717, 1.165) is 24.3 Å². The molecule has 2 aliphatic carbocycles. The number of ether oxygens (including phenoxy) is 2. The number of hydrogen-bond donors (Lipinski definition) is 0. The van der Waals surface area contributed by atoms with Crippen LogP contribution in [0.3, 0.4) is 0 Å². The van der Waals surface area contributed by atoms with Crippen molar-refractivity contribution in [2.75, 3.05) is 0 Å². The van der Waals surface area contributed by atoms with Crippen LogP contribution in [-0.2, 0) is 45.7 Å². The summed E-state index contributed by atoms with van der Waals surface area (Å²) in [6.45, 7) is 0. The second-order valence-corrected chi connectivity index (χ2v) is 5.73. The molecule has 0 saturated carbocycles. The van der Waals surface area contributed by atoms with Gasteiger partial charge in [0.05, 0.1) is 23.9 Å². The number of carboxylic acid groups (broad SMARTS) is 4. The average molecular weight is 631 g/mol. The summed E-state index contributed by atoms with van der Waals surface area (Å²) in [6, 6.07) is 0. The summed E-state index contributed by atoms with van der Waals surface area (Å²) in [7, 11) is 0. The van der Waals surface area contributed by atoms with Crippen molar-refractivity contribution >= 4 is 51.2 Å². The van der Waals surface area contributed by atoms with Gasteiger partial charge in [-0.2, -0.15) is 0 Å². The number of carbonyl (C=O) groups excluding carboxylic acids is 4. The minimum atomic E-state index is -1.86. The minimum Gasteiger partial charge on any atom is -0.546 e. The van der Waals surface area contributed by atoms with Gasteiger partial charge in [-0.25, -0.2) is 0 Å². The maximum absolute atomic E-state index is 10.6. The molecule has 4 atom stereocenters. The molecule has 0 aromatic rings. The molecule has 4 rings (SSSR count). The van der Waals surface area contributed by atoms with E-state index < -0.39 is 46.3 Å². The molecular weight excluding hydrogens is 623 g/mol. The molecule has 12 heteroatoms. The molecule has 2 fully saturated rings. The quantitative estimate of drug-likeness (QED) is 0.214. The predicted molar refractivity (Wildman–Crippen MR) is 75.4 cm³/mol. The molecule has 0 aromatic carbocycles. The molecule has 0 bridgehead atoms. The van der Waals surface area contributed by atoms with Gasteiger partial charge in [-0.15, -0.1) is 0 Å². The van der Waals surface area contributed by atoms with Gasteiger partial charge in [0.1, 0.15) is 0 Å². The largest absolute Gasteiger partial charge is 2.00 e. The second-order valence-electron chi connectivity index (χ2n) is 5.73. The predicted octanol–water partition coefficient (Wildman–Crippen LogP) is -6.14.